The fourth-order valence-electron chi connectivity index (χ4n) is 8.69. The highest BCUT2D eigenvalue weighted by molar-refractivity contribution is 5.71. The van der Waals surface area contributed by atoms with Gasteiger partial charge in [0.05, 0.1) is 13.2 Å². The second kappa shape index (κ2) is 13.5. The van der Waals surface area contributed by atoms with Gasteiger partial charge in [-0.3, -0.25) is 0 Å². The van der Waals surface area contributed by atoms with Crippen molar-refractivity contribution < 1.29 is 23.7 Å². The number of allylic oxidation sites excluding steroid dienone is 1. The van der Waals surface area contributed by atoms with Crippen molar-refractivity contribution >= 4 is 5.97 Å². The second-order valence-corrected chi connectivity index (χ2v) is 13.2. The van der Waals surface area contributed by atoms with Crippen LogP contribution < -0.4 is 0 Å². The Kier molecular flexibility index (Phi) is 9.41. The van der Waals surface area contributed by atoms with Crippen LogP contribution in [0.5, 0.6) is 0 Å². The van der Waals surface area contributed by atoms with E-state index in [2.05, 4.69) is 49.6 Å². The Morgan fingerprint density at radius 1 is 0.911 bits per heavy atom. The second-order valence-electron chi connectivity index (χ2n) is 13.2. The fraction of sp³-hybridized carbons (Fsp3) is 0.425. The zero-order chi connectivity index (χ0) is 31.3. The number of hydrogen-bond donors (Lipinski definition) is 0. The minimum atomic E-state index is -1.00. The van der Waals surface area contributed by atoms with E-state index in [0.717, 1.165) is 60.8 Å². The van der Waals surface area contributed by atoms with E-state index >= 15 is 0 Å². The molecule has 3 fully saturated rings. The van der Waals surface area contributed by atoms with Gasteiger partial charge < -0.3 is 18.9 Å². The van der Waals surface area contributed by atoms with Gasteiger partial charge in [0.15, 0.2) is 5.79 Å². The van der Waals surface area contributed by atoms with Gasteiger partial charge in [-0.2, -0.15) is 0 Å². The first kappa shape index (κ1) is 31.5. The molecule has 2 aliphatic carbocycles. The van der Waals surface area contributed by atoms with E-state index in [-0.39, 0.29) is 35.9 Å². The summed E-state index contributed by atoms with van der Waals surface area (Å²) in [6.45, 7) is 11.4. The first-order chi connectivity index (χ1) is 21.9. The summed E-state index contributed by atoms with van der Waals surface area (Å²) in [5.41, 5.74) is 2.85. The predicted molar refractivity (Wildman–Crippen MR) is 176 cm³/mol. The Labute approximate surface area is 268 Å². The maximum Gasteiger partial charge on any atom is 0.332 e. The Morgan fingerprint density at radius 3 is 1.98 bits per heavy atom. The van der Waals surface area contributed by atoms with Crippen molar-refractivity contribution in [2.24, 2.45) is 17.3 Å². The number of fused-ring (bicyclic) bond motifs is 2. The molecule has 1 heterocycles. The van der Waals surface area contributed by atoms with E-state index in [1.807, 2.05) is 67.6 Å². The van der Waals surface area contributed by atoms with Gasteiger partial charge in [0.1, 0.15) is 18.3 Å². The van der Waals surface area contributed by atoms with Crippen molar-refractivity contribution in [3.63, 3.8) is 0 Å². The minimum absolute atomic E-state index is 0.0360. The number of carbonyl (C=O) groups excluding carboxylic acids is 1. The molecule has 1 aliphatic heterocycles. The summed E-state index contributed by atoms with van der Waals surface area (Å²) in [7, 11) is 0. The van der Waals surface area contributed by atoms with E-state index in [0.29, 0.717) is 19.6 Å². The predicted octanol–water partition coefficient (Wildman–Crippen LogP) is 8.39. The molecule has 3 unspecified atom stereocenters. The molecule has 0 bridgehead atoms. The summed E-state index contributed by atoms with van der Waals surface area (Å²) in [5, 5.41) is 0. The van der Waals surface area contributed by atoms with E-state index in [4.69, 9.17) is 18.9 Å². The lowest BCUT2D eigenvalue weighted by Crippen LogP contribution is -2.51. The fourth-order valence-corrected chi connectivity index (χ4v) is 8.69. The number of benzene rings is 3. The smallest absolute Gasteiger partial charge is 0.332 e. The molecular weight excluding hydrogens is 560 g/mol. The van der Waals surface area contributed by atoms with Crippen LogP contribution in [0.4, 0.5) is 0 Å². The molecular formula is C40H46O5. The molecule has 5 heteroatoms. The van der Waals surface area contributed by atoms with Crippen molar-refractivity contribution in [2.75, 3.05) is 19.8 Å². The van der Waals surface area contributed by atoms with Gasteiger partial charge in [0.2, 0.25) is 0 Å². The molecule has 3 aliphatic rings. The third-order valence-corrected chi connectivity index (χ3v) is 10.3. The lowest BCUT2D eigenvalue weighted by Gasteiger charge is -2.50. The van der Waals surface area contributed by atoms with Crippen molar-refractivity contribution in [3.8, 4) is 0 Å². The Morgan fingerprint density at radius 2 is 1.47 bits per heavy atom. The molecule has 1 spiro atoms. The first-order valence-electron chi connectivity index (χ1n) is 16.5. The summed E-state index contributed by atoms with van der Waals surface area (Å²) in [6.07, 6.45) is 8.23. The highest BCUT2D eigenvalue weighted by Gasteiger charge is 2.64. The molecule has 0 N–H and O–H groups in total. The summed E-state index contributed by atoms with van der Waals surface area (Å²) in [5.74, 6) is -0.794. The molecule has 0 aromatic heterocycles. The van der Waals surface area contributed by atoms with Crippen LogP contribution >= 0.6 is 0 Å². The van der Waals surface area contributed by atoms with Gasteiger partial charge in [-0.1, -0.05) is 109 Å². The van der Waals surface area contributed by atoms with E-state index in [1.165, 1.54) is 0 Å². The molecule has 3 aromatic rings. The standard InChI is InChI=1S/C40H46O5/c1-4-22-38-23-14-21-34(37(38)39(25-24-38)42-26-27-43-39)35(28-30(2)3)45-36(41)29-44-40(31-15-8-5-9-16-31,32-17-10-6-11-18-32)33-19-12-7-13-20-33/h4-13,15-20,34-35,37H,1-2,14,21-29H2,3H3/t34?,35-,37?,38?/m1/s1. The summed E-state index contributed by atoms with van der Waals surface area (Å²) < 4.78 is 26.2. The SMILES string of the molecule is C=CCC12CCCC([C@@H](CC(=C)C)OC(=O)COC(c3ccccc3)(c3ccccc3)c3ccccc3)C1C1(CC2)OCCO1. The minimum Gasteiger partial charge on any atom is -0.460 e. The van der Waals surface area contributed by atoms with Crippen molar-refractivity contribution in [2.45, 2.75) is 69.4 Å². The lowest BCUT2D eigenvalue weighted by molar-refractivity contribution is -0.227. The third kappa shape index (κ3) is 6.06. The largest absolute Gasteiger partial charge is 0.460 e. The summed E-state index contributed by atoms with van der Waals surface area (Å²) in [6, 6.07) is 30.3. The summed E-state index contributed by atoms with van der Waals surface area (Å²) >= 11 is 0. The Balaban J connectivity index is 1.31. The average Bonchev–Trinajstić information content (AvgIpc) is 3.67. The first-order valence-corrected chi connectivity index (χ1v) is 16.5. The number of carbonyl (C=O) groups is 1. The molecule has 0 radical (unpaired) electrons. The Bertz CT molecular complexity index is 1350. The van der Waals surface area contributed by atoms with Gasteiger partial charge in [-0.05, 0) is 54.7 Å². The lowest BCUT2D eigenvalue weighted by atomic mass is 9.59. The van der Waals surface area contributed by atoms with Crippen LogP contribution in [0.2, 0.25) is 0 Å². The number of esters is 1. The number of hydrogen-bond acceptors (Lipinski definition) is 5. The van der Waals surface area contributed by atoms with Crippen molar-refractivity contribution in [1.82, 2.24) is 0 Å². The molecule has 5 nitrogen and oxygen atoms in total. The maximum atomic E-state index is 14.0. The Hall–Kier alpha value is -3.51. The summed E-state index contributed by atoms with van der Waals surface area (Å²) in [4.78, 5) is 14.0. The number of rotatable bonds is 12. The monoisotopic (exact) mass is 606 g/mol. The molecule has 45 heavy (non-hydrogen) atoms. The molecule has 0 amide bonds. The van der Waals surface area contributed by atoms with E-state index in [9.17, 15) is 4.79 Å². The van der Waals surface area contributed by atoms with Gasteiger partial charge in [0.25, 0.3) is 0 Å². The van der Waals surface area contributed by atoms with Gasteiger partial charge in [0, 0.05) is 24.7 Å². The van der Waals surface area contributed by atoms with Gasteiger partial charge >= 0.3 is 5.97 Å². The molecule has 6 rings (SSSR count). The van der Waals surface area contributed by atoms with Crippen LogP contribution in [0.1, 0.15) is 68.6 Å². The van der Waals surface area contributed by atoms with Crippen LogP contribution in [0, 0.1) is 17.3 Å². The molecule has 4 atom stereocenters. The third-order valence-electron chi connectivity index (χ3n) is 10.3. The quantitative estimate of drug-likeness (QED) is 0.118. The van der Waals surface area contributed by atoms with Crippen molar-refractivity contribution in [1.29, 1.82) is 0 Å². The van der Waals surface area contributed by atoms with Crippen LogP contribution in [-0.4, -0.2) is 37.7 Å². The van der Waals surface area contributed by atoms with Crippen LogP contribution in [0.15, 0.2) is 116 Å². The van der Waals surface area contributed by atoms with Crippen LogP contribution in [0.25, 0.3) is 0 Å². The van der Waals surface area contributed by atoms with Crippen LogP contribution in [0.3, 0.4) is 0 Å². The maximum absolute atomic E-state index is 14.0. The molecule has 3 aromatic carbocycles. The van der Waals surface area contributed by atoms with Gasteiger partial charge in [-0.25, -0.2) is 4.79 Å². The normalized spacial score (nSPS) is 24.6. The van der Waals surface area contributed by atoms with E-state index in [1.54, 1.807) is 0 Å². The average molecular weight is 607 g/mol. The molecule has 1 saturated heterocycles. The van der Waals surface area contributed by atoms with Crippen LogP contribution in [-0.2, 0) is 29.3 Å². The van der Waals surface area contributed by atoms with Gasteiger partial charge in [-0.15, -0.1) is 13.2 Å². The zero-order valence-electron chi connectivity index (χ0n) is 26.5. The zero-order valence-corrected chi connectivity index (χ0v) is 26.5. The molecule has 2 saturated carbocycles. The van der Waals surface area contributed by atoms with E-state index < -0.39 is 11.4 Å². The highest BCUT2D eigenvalue weighted by atomic mass is 16.7. The number of ether oxygens (including phenoxy) is 4. The molecule has 236 valence electrons. The van der Waals surface area contributed by atoms with Crippen molar-refractivity contribution in [3.05, 3.63) is 132 Å². The topological polar surface area (TPSA) is 54.0 Å². The highest BCUT2D eigenvalue weighted by Crippen LogP contribution is 2.64.